The lowest BCUT2D eigenvalue weighted by atomic mass is 10.1. The summed E-state index contributed by atoms with van der Waals surface area (Å²) >= 11 is 5.84. The fourth-order valence-corrected chi connectivity index (χ4v) is 3.39. The van der Waals surface area contributed by atoms with Gasteiger partial charge in [0, 0.05) is 30.6 Å². The summed E-state index contributed by atoms with van der Waals surface area (Å²) in [5.74, 6) is -1.90. The van der Waals surface area contributed by atoms with Crippen LogP contribution in [0.1, 0.15) is 23.7 Å². The molecule has 1 N–H and O–H groups in total. The van der Waals surface area contributed by atoms with Crippen LogP contribution < -0.4 is 10.2 Å². The third kappa shape index (κ3) is 5.64. The fraction of sp³-hybridized carbons (Fsp3) is 0.182. The monoisotopic (exact) mass is 480 g/mol. The Kier molecular flexibility index (Phi) is 6.97. The number of nitrogens with one attached hydrogen (secondary N) is 1. The molecule has 0 aliphatic rings. The van der Waals surface area contributed by atoms with Crippen LogP contribution in [0.5, 0.6) is 0 Å². The van der Waals surface area contributed by atoms with Gasteiger partial charge in [0.25, 0.3) is 0 Å². The van der Waals surface area contributed by atoms with Crippen LogP contribution in [-0.4, -0.2) is 21.8 Å². The van der Waals surface area contributed by atoms with Gasteiger partial charge in [-0.25, -0.2) is 9.37 Å². The molecule has 0 spiro atoms. The Labute approximate surface area is 191 Å². The number of hydrogen-bond donors (Lipinski definition) is 1. The number of alkyl halides is 3. The Morgan fingerprint density at radius 3 is 2.55 bits per heavy atom. The molecular weight excluding hydrogens is 464 g/mol. The van der Waals surface area contributed by atoms with Crippen molar-refractivity contribution in [3.05, 3.63) is 76.5 Å². The Hall–Kier alpha value is -3.53. The van der Waals surface area contributed by atoms with E-state index in [1.807, 2.05) is 0 Å². The summed E-state index contributed by atoms with van der Waals surface area (Å²) in [4.78, 5) is 33.6. The van der Waals surface area contributed by atoms with Crippen molar-refractivity contribution < 1.29 is 27.2 Å². The number of rotatable bonds is 5. The molecule has 0 fully saturated rings. The van der Waals surface area contributed by atoms with Gasteiger partial charge in [-0.05, 0) is 30.7 Å². The van der Waals surface area contributed by atoms with Crippen LogP contribution in [-0.2, 0) is 22.2 Å². The van der Waals surface area contributed by atoms with Gasteiger partial charge in [-0.3, -0.25) is 19.5 Å². The van der Waals surface area contributed by atoms with E-state index in [-0.39, 0.29) is 22.8 Å². The lowest BCUT2D eigenvalue weighted by molar-refractivity contribution is -0.137. The van der Waals surface area contributed by atoms with E-state index >= 15 is 0 Å². The molecule has 3 rings (SSSR count). The highest BCUT2D eigenvalue weighted by molar-refractivity contribution is 6.32. The third-order valence-corrected chi connectivity index (χ3v) is 4.97. The van der Waals surface area contributed by atoms with Gasteiger partial charge >= 0.3 is 6.18 Å². The number of aromatic nitrogens is 2. The molecule has 0 atom stereocenters. The van der Waals surface area contributed by atoms with Gasteiger partial charge in [-0.2, -0.15) is 13.2 Å². The molecule has 2 heterocycles. The molecule has 11 heteroatoms. The fourth-order valence-electron chi connectivity index (χ4n) is 3.09. The van der Waals surface area contributed by atoms with Crippen LogP contribution in [0.15, 0.2) is 48.8 Å². The van der Waals surface area contributed by atoms with Gasteiger partial charge in [-0.15, -0.1) is 0 Å². The van der Waals surface area contributed by atoms with Crippen LogP contribution in [0.4, 0.5) is 34.8 Å². The number of hydrogen-bond acceptors (Lipinski definition) is 4. The number of pyridine rings is 2. The average molecular weight is 481 g/mol. The summed E-state index contributed by atoms with van der Waals surface area (Å²) in [5.41, 5.74) is -0.433. The quantitative estimate of drug-likeness (QED) is 0.492. The second kappa shape index (κ2) is 9.53. The molecule has 172 valence electrons. The zero-order chi connectivity index (χ0) is 24.3. The maximum atomic E-state index is 14.3. The van der Waals surface area contributed by atoms with Gasteiger partial charge in [0.15, 0.2) is 5.82 Å². The Morgan fingerprint density at radius 2 is 1.88 bits per heavy atom. The summed E-state index contributed by atoms with van der Waals surface area (Å²) in [5, 5.41) is 1.97. The number of anilines is 3. The van der Waals surface area contributed by atoms with E-state index in [4.69, 9.17) is 11.6 Å². The van der Waals surface area contributed by atoms with E-state index < -0.39 is 40.8 Å². The van der Waals surface area contributed by atoms with Crippen molar-refractivity contribution >= 4 is 40.6 Å². The predicted octanol–water partition coefficient (Wildman–Crippen LogP) is 5.46. The lowest BCUT2D eigenvalue weighted by Crippen LogP contribution is -2.25. The molecule has 33 heavy (non-hydrogen) atoms. The van der Waals surface area contributed by atoms with E-state index in [1.165, 1.54) is 37.4 Å². The van der Waals surface area contributed by atoms with E-state index in [9.17, 15) is 27.2 Å². The minimum Gasteiger partial charge on any atom is -0.326 e. The van der Waals surface area contributed by atoms with Gasteiger partial charge in [0.2, 0.25) is 11.8 Å². The normalized spacial score (nSPS) is 11.2. The average Bonchev–Trinajstić information content (AvgIpc) is 2.71. The summed E-state index contributed by atoms with van der Waals surface area (Å²) < 4.78 is 53.4. The van der Waals surface area contributed by atoms with E-state index in [0.29, 0.717) is 5.69 Å². The lowest BCUT2D eigenvalue weighted by Gasteiger charge is -2.21. The van der Waals surface area contributed by atoms with Crippen molar-refractivity contribution in [3.8, 4) is 0 Å². The van der Waals surface area contributed by atoms with E-state index in [1.54, 1.807) is 6.92 Å². The minimum absolute atomic E-state index is 0.00188. The summed E-state index contributed by atoms with van der Waals surface area (Å²) in [6.07, 6.45) is -2.80. The number of benzene rings is 1. The van der Waals surface area contributed by atoms with Crippen LogP contribution in [0.2, 0.25) is 5.02 Å². The molecule has 0 aliphatic carbocycles. The third-order valence-electron chi connectivity index (χ3n) is 4.52. The minimum atomic E-state index is -4.65. The molecule has 6 nitrogen and oxygen atoms in total. The van der Waals surface area contributed by atoms with E-state index in [0.717, 1.165) is 23.2 Å². The van der Waals surface area contributed by atoms with Crippen molar-refractivity contribution in [2.75, 3.05) is 10.2 Å². The molecule has 0 saturated heterocycles. The highest BCUT2D eigenvalue weighted by Gasteiger charge is 2.34. The maximum Gasteiger partial charge on any atom is 0.417 e. The van der Waals surface area contributed by atoms with Gasteiger partial charge in [-0.1, -0.05) is 23.7 Å². The topological polar surface area (TPSA) is 75.2 Å². The summed E-state index contributed by atoms with van der Waals surface area (Å²) in [7, 11) is 0. The molecule has 1 aromatic carbocycles. The SMILES string of the molecule is CC(=O)N(c1cc(NC(=O)Cc2cccc(C(F)(F)F)c2Cl)ccn1)c1cc(C)ncc1F. The first-order valence-corrected chi connectivity index (χ1v) is 9.88. The van der Waals surface area contributed by atoms with Crippen LogP contribution in [0, 0.1) is 12.7 Å². The number of carbonyl (C=O) groups excluding carboxylic acids is 2. The Bertz CT molecular complexity index is 1220. The smallest absolute Gasteiger partial charge is 0.326 e. The van der Waals surface area contributed by atoms with Gasteiger partial charge in [0.05, 0.1) is 28.9 Å². The standard InChI is InChI=1S/C22H17ClF4N4O2/c1-12-8-18(17(24)11-29-12)31(13(2)32)19-10-15(6-7-28-19)30-20(33)9-14-4-3-5-16(21(14)23)22(25,26)27/h3-8,10-11H,9H2,1-2H3,(H,28,30,33). The molecule has 0 bridgehead atoms. The Balaban J connectivity index is 1.85. The molecule has 0 saturated carbocycles. The van der Waals surface area contributed by atoms with Crippen LogP contribution in [0.25, 0.3) is 0 Å². The van der Waals surface area contributed by atoms with Crippen LogP contribution in [0.3, 0.4) is 0 Å². The van der Waals surface area contributed by atoms with Crippen molar-refractivity contribution in [3.63, 3.8) is 0 Å². The largest absolute Gasteiger partial charge is 0.417 e. The predicted molar refractivity (Wildman–Crippen MR) is 115 cm³/mol. The Morgan fingerprint density at radius 1 is 1.15 bits per heavy atom. The number of halogens is 5. The van der Waals surface area contributed by atoms with Crippen molar-refractivity contribution in [2.45, 2.75) is 26.4 Å². The zero-order valence-corrected chi connectivity index (χ0v) is 18.1. The maximum absolute atomic E-state index is 14.3. The van der Waals surface area contributed by atoms with Gasteiger partial charge < -0.3 is 5.32 Å². The summed E-state index contributed by atoms with van der Waals surface area (Å²) in [6.45, 7) is 2.85. The van der Waals surface area contributed by atoms with E-state index in [2.05, 4.69) is 15.3 Å². The molecule has 3 aromatic rings. The molecule has 0 aliphatic heterocycles. The highest BCUT2D eigenvalue weighted by atomic mass is 35.5. The van der Waals surface area contributed by atoms with Gasteiger partial charge in [0.1, 0.15) is 5.82 Å². The first-order chi connectivity index (χ1) is 15.5. The number of carbonyl (C=O) groups is 2. The number of amides is 2. The van der Waals surface area contributed by atoms with Crippen molar-refractivity contribution in [2.24, 2.45) is 0 Å². The molecule has 0 radical (unpaired) electrons. The first kappa shape index (κ1) is 24.1. The van der Waals surface area contributed by atoms with Crippen molar-refractivity contribution in [1.29, 1.82) is 0 Å². The first-order valence-electron chi connectivity index (χ1n) is 9.50. The van der Waals surface area contributed by atoms with Crippen LogP contribution >= 0.6 is 11.6 Å². The zero-order valence-electron chi connectivity index (χ0n) is 17.4. The summed E-state index contributed by atoms with van der Waals surface area (Å²) in [6, 6.07) is 7.44. The second-order valence-electron chi connectivity index (χ2n) is 7.04. The molecule has 2 aromatic heterocycles. The second-order valence-corrected chi connectivity index (χ2v) is 7.41. The highest BCUT2D eigenvalue weighted by Crippen LogP contribution is 2.36. The molecular formula is C22H17ClF4N4O2. The van der Waals surface area contributed by atoms with Crippen molar-refractivity contribution in [1.82, 2.24) is 9.97 Å². The molecule has 2 amide bonds. The number of nitrogens with zero attached hydrogens (tertiary/aromatic N) is 3. The molecule has 0 unspecified atom stereocenters. The number of aryl methyl sites for hydroxylation is 1.